The average Bonchev–Trinajstić information content (AvgIpc) is 3.33. The molecule has 152 valence electrons. The summed E-state index contributed by atoms with van der Waals surface area (Å²) < 4.78 is 33.2. The minimum absolute atomic E-state index is 0.0394. The van der Waals surface area contributed by atoms with Crippen molar-refractivity contribution >= 4 is 44.0 Å². The Balaban J connectivity index is 1.72. The molecule has 2 aromatic rings. The number of hydrogen-bond donors (Lipinski definition) is 2. The van der Waals surface area contributed by atoms with E-state index in [2.05, 4.69) is 20.2 Å². The molecule has 1 aromatic carbocycles. The summed E-state index contributed by atoms with van der Waals surface area (Å²) in [5, 5.41) is 11.8. The van der Waals surface area contributed by atoms with E-state index in [-0.39, 0.29) is 28.1 Å². The second kappa shape index (κ2) is 9.27. The summed E-state index contributed by atoms with van der Waals surface area (Å²) in [6.45, 7) is 2.83. The van der Waals surface area contributed by atoms with Crippen LogP contribution in [0.2, 0.25) is 5.02 Å². The molecule has 0 unspecified atom stereocenters. The van der Waals surface area contributed by atoms with E-state index < -0.39 is 15.9 Å². The van der Waals surface area contributed by atoms with Crippen molar-refractivity contribution in [2.24, 2.45) is 0 Å². The van der Waals surface area contributed by atoms with Crippen LogP contribution in [0.25, 0.3) is 0 Å². The number of amides is 1. The van der Waals surface area contributed by atoms with Gasteiger partial charge in [0.1, 0.15) is 9.90 Å². The number of carbonyl (C=O) groups is 1. The second-order valence-electron chi connectivity index (χ2n) is 6.34. The molecule has 8 nitrogen and oxygen atoms in total. The van der Waals surface area contributed by atoms with Crippen LogP contribution in [0, 0.1) is 0 Å². The standard InChI is InChI=1S/C17H21ClN4O4S2/c1-2-4-15-21-22-17(27-15)20-16(23)11-6-7-13(18)14(9-11)28(24,25)19-10-12-5-3-8-26-12/h6-7,9,12,19H,2-5,8,10H2,1H3,(H,20,22,23)/t12-/m0/s1. The van der Waals surface area contributed by atoms with Gasteiger partial charge in [-0.25, -0.2) is 13.1 Å². The third kappa shape index (κ3) is 5.26. The molecule has 1 aliphatic rings. The first kappa shape index (κ1) is 21.1. The SMILES string of the molecule is CCCc1nnc(NC(=O)c2ccc(Cl)c(S(=O)(=O)NC[C@@H]3CCCO3)c2)s1. The molecule has 1 aliphatic heterocycles. The van der Waals surface area contributed by atoms with Gasteiger partial charge in [-0.05, 0) is 37.5 Å². The van der Waals surface area contributed by atoms with E-state index in [1.165, 1.54) is 29.5 Å². The highest BCUT2D eigenvalue weighted by Gasteiger charge is 2.23. The summed E-state index contributed by atoms with van der Waals surface area (Å²) >= 11 is 7.37. The lowest BCUT2D eigenvalue weighted by molar-refractivity contribution is 0.102. The summed E-state index contributed by atoms with van der Waals surface area (Å²) in [5.74, 6) is -0.480. The Morgan fingerprint density at radius 1 is 1.39 bits per heavy atom. The molecule has 28 heavy (non-hydrogen) atoms. The van der Waals surface area contributed by atoms with Gasteiger partial charge in [-0.3, -0.25) is 10.1 Å². The maximum Gasteiger partial charge on any atom is 0.257 e. The van der Waals surface area contributed by atoms with Gasteiger partial charge in [-0.15, -0.1) is 10.2 Å². The predicted molar refractivity (Wildman–Crippen MR) is 107 cm³/mol. The van der Waals surface area contributed by atoms with Crippen molar-refractivity contribution in [2.75, 3.05) is 18.5 Å². The average molecular weight is 445 g/mol. The number of hydrogen-bond acceptors (Lipinski definition) is 7. The highest BCUT2D eigenvalue weighted by Crippen LogP contribution is 2.24. The van der Waals surface area contributed by atoms with Gasteiger partial charge < -0.3 is 4.74 Å². The van der Waals surface area contributed by atoms with Crippen molar-refractivity contribution in [2.45, 2.75) is 43.6 Å². The first-order chi connectivity index (χ1) is 13.4. The number of aryl methyl sites for hydroxylation is 1. The first-order valence-corrected chi connectivity index (χ1v) is 11.6. The van der Waals surface area contributed by atoms with Crippen LogP contribution in [0.15, 0.2) is 23.1 Å². The Labute approximate surface area is 172 Å². The minimum Gasteiger partial charge on any atom is -0.377 e. The zero-order chi connectivity index (χ0) is 20.1. The molecule has 1 aromatic heterocycles. The summed E-state index contributed by atoms with van der Waals surface area (Å²) in [5.41, 5.74) is 0.161. The predicted octanol–water partition coefficient (Wildman–Crippen LogP) is 2.85. The van der Waals surface area contributed by atoms with Crippen LogP contribution in [-0.2, 0) is 21.2 Å². The Morgan fingerprint density at radius 2 is 2.21 bits per heavy atom. The van der Waals surface area contributed by atoms with E-state index in [0.29, 0.717) is 11.7 Å². The van der Waals surface area contributed by atoms with Gasteiger partial charge >= 0.3 is 0 Å². The Bertz CT molecular complexity index is 942. The highest BCUT2D eigenvalue weighted by molar-refractivity contribution is 7.89. The monoisotopic (exact) mass is 444 g/mol. The number of rotatable bonds is 8. The van der Waals surface area contributed by atoms with Crippen molar-refractivity contribution in [3.05, 3.63) is 33.8 Å². The Kier molecular flexibility index (Phi) is 7.00. The van der Waals surface area contributed by atoms with Crippen LogP contribution >= 0.6 is 22.9 Å². The lowest BCUT2D eigenvalue weighted by Crippen LogP contribution is -2.32. The number of ether oxygens (including phenoxy) is 1. The number of carbonyl (C=O) groups excluding carboxylic acids is 1. The molecular weight excluding hydrogens is 424 g/mol. The summed E-state index contributed by atoms with van der Waals surface area (Å²) in [7, 11) is -3.88. The van der Waals surface area contributed by atoms with Gasteiger partial charge in [0, 0.05) is 25.1 Å². The molecule has 0 aliphatic carbocycles. The molecule has 0 radical (unpaired) electrons. The molecule has 2 N–H and O–H groups in total. The van der Waals surface area contributed by atoms with Crippen LogP contribution in [-0.4, -0.2) is 43.8 Å². The van der Waals surface area contributed by atoms with Crippen LogP contribution in [0.3, 0.4) is 0 Å². The van der Waals surface area contributed by atoms with Crippen LogP contribution in [0.5, 0.6) is 0 Å². The Morgan fingerprint density at radius 3 is 2.93 bits per heavy atom. The third-order valence-electron chi connectivity index (χ3n) is 4.16. The van der Waals surface area contributed by atoms with E-state index in [9.17, 15) is 13.2 Å². The van der Waals surface area contributed by atoms with Crippen molar-refractivity contribution < 1.29 is 17.9 Å². The van der Waals surface area contributed by atoms with Gasteiger partial charge in [0.25, 0.3) is 5.91 Å². The van der Waals surface area contributed by atoms with E-state index in [0.717, 1.165) is 30.7 Å². The molecule has 0 saturated carbocycles. The normalized spacial score (nSPS) is 17.0. The fourth-order valence-corrected chi connectivity index (χ4v) is 5.15. The van der Waals surface area contributed by atoms with Crippen molar-refractivity contribution in [1.82, 2.24) is 14.9 Å². The zero-order valence-corrected chi connectivity index (χ0v) is 17.7. The molecule has 0 bridgehead atoms. The molecule has 1 atom stereocenters. The van der Waals surface area contributed by atoms with Crippen molar-refractivity contribution in [1.29, 1.82) is 0 Å². The van der Waals surface area contributed by atoms with Crippen molar-refractivity contribution in [3.8, 4) is 0 Å². The first-order valence-electron chi connectivity index (χ1n) is 8.93. The summed E-state index contributed by atoms with van der Waals surface area (Å²) in [6.07, 6.45) is 3.29. The van der Waals surface area contributed by atoms with Crippen LogP contribution < -0.4 is 10.0 Å². The molecule has 0 spiro atoms. The molecule has 1 saturated heterocycles. The molecule has 11 heteroatoms. The molecule has 2 heterocycles. The van der Waals surface area contributed by atoms with Gasteiger partial charge in [0.05, 0.1) is 11.1 Å². The van der Waals surface area contributed by atoms with Crippen LogP contribution in [0.1, 0.15) is 41.6 Å². The topological polar surface area (TPSA) is 110 Å². The summed E-state index contributed by atoms with van der Waals surface area (Å²) in [4.78, 5) is 12.3. The van der Waals surface area contributed by atoms with E-state index in [4.69, 9.17) is 16.3 Å². The fraction of sp³-hybridized carbons (Fsp3) is 0.471. The minimum atomic E-state index is -3.88. The number of sulfonamides is 1. The highest BCUT2D eigenvalue weighted by atomic mass is 35.5. The lowest BCUT2D eigenvalue weighted by Gasteiger charge is -2.13. The van der Waals surface area contributed by atoms with Gasteiger partial charge in [-0.1, -0.05) is 29.9 Å². The quantitative estimate of drug-likeness (QED) is 0.647. The largest absolute Gasteiger partial charge is 0.377 e. The molecule has 3 rings (SSSR count). The third-order valence-corrected chi connectivity index (χ3v) is 6.96. The maximum atomic E-state index is 12.6. The van der Waals surface area contributed by atoms with Crippen LogP contribution in [0.4, 0.5) is 5.13 Å². The fourth-order valence-electron chi connectivity index (χ4n) is 2.72. The zero-order valence-electron chi connectivity index (χ0n) is 15.3. The second-order valence-corrected chi connectivity index (χ2v) is 9.54. The van der Waals surface area contributed by atoms with Gasteiger partial charge in [0.15, 0.2) is 0 Å². The lowest BCUT2D eigenvalue weighted by atomic mass is 10.2. The van der Waals surface area contributed by atoms with E-state index in [1.807, 2.05) is 6.92 Å². The van der Waals surface area contributed by atoms with E-state index >= 15 is 0 Å². The number of halogens is 1. The number of benzene rings is 1. The van der Waals surface area contributed by atoms with E-state index in [1.54, 1.807) is 0 Å². The van der Waals surface area contributed by atoms with Gasteiger partial charge in [0.2, 0.25) is 15.2 Å². The number of aromatic nitrogens is 2. The maximum absolute atomic E-state index is 12.6. The summed E-state index contributed by atoms with van der Waals surface area (Å²) in [6, 6.07) is 4.11. The van der Waals surface area contributed by atoms with Gasteiger partial charge in [-0.2, -0.15) is 0 Å². The van der Waals surface area contributed by atoms with Crippen molar-refractivity contribution in [3.63, 3.8) is 0 Å². The number of anilines is 1. The number of nitrogens with zero attached hydrogens (tertiary/aromatic N) is 2. The molecule has 1 amide bonds. The Hall–Kier alpha value is -1.59. The smallest absolute Gasteiger partial charge is 0.257 e. The number of nitrogens with one attached hydrogen (secondary N) is 2. The molecule has 1 fully saturated rings. The molecular formula is C17H21ClN4O4S2.